The maximum atomic E-state index is 5.09. The van der Waals surface area contributed by atoms with Crippen molar-refractivity contribution in [2.24, 2.45) is 11.8 Å². The predicted molar refractivity (Wildman–Crippen MR) is 68.7 cm³/mol. The number of nitrogens with zero attached hydrogens (tertiary/aromatic N) is 1. The van der Waals surface area contributed by atoms with E-state index in [1.54, 1.807) is 7.11 Å². The lowest BCUT2D eigenvalue weighted by Gasteiger charge is -2.31. The molecule has 16 heavy (non-hydrogen) atoms. The molecule has 0 aromatic heterocycles. The van der Waals surface area contributed by atoms with Crippen LogP contribution in [0.2, 0.25) is 0 Å². The van der Waals surface area contributed by atoms with Crippen LogP contribution < -0.4 is 5.32 Å². The molecule has 0 saturated carbocycles. The molecule has 0 spiro atoms. The molecule has 2 unspecified atom stereocenters. The van der Waals surface area contributed by atoms with Gasteiger partial charge in [-0.15, -0.1) is 0 Å². The Hall–Kier alpha value is -0.120. The third kappa shape index (κ3) is 5.83. The lowest BCUT2D eigenvalue weighted by Crippen LogP contribution is -2.42. The molecule has 0 aromatic rings. The molecule has 0 amide bonds. The molecule has 1 heterocycles. The number of unbranched alkanes of at least 4 members (excludes halogenated alkanes) is 1. The van der Waals surface area contributed by atoms with Gasteiger partial charge in [-0.3, -0.25) is 0 Å². The lowest BCUT2D eigenvalue weighted by atomic mass is 10.1. The van der Waals surface area contributed by atoms with Crippen LogP contribution in [0.1, 0.15) is 26.7 Å². The van der Waals surface area contributed by atoms with Crippen molar-refractivity contribution in [1.82, 2.24) is 10.2 Å². The van der Waals surface area contributed by atoms with Crippen molar-refractivity contribution in [2.45, 2.75) is 26.7 Å². The van der Waals surface area contributed by atoms with Gasteiger partial charge in [0.05, 0.1) is 0 Å². The lowest BCUT2D eigenvalue weighted by molar-refractivity contribution is 0.163. The minimum Gasteiger partial charge on any atom is -0.385 e. The summed E-state index contributed by atoms with van der Waals surface area (Å²) in [4.78, 5) is 2.63. The Bertz CT molecular complexity index is 163. The summed E-state index contributed by atoms with van der Waals surface area (Å²) in [5.74, 6) is 1.55. The maximum absolute atomic E-state index is 5.09. The van der Waals surface area contributed by atoms with E-state index in [0.29, 0.717) is 0 Å². The van der Waals surface area contributed by atoms with Gasteiger partial charge in [-0.2, -0.15) is 0 Å². The van der Waals surface area contributed by atoms with E-state index in [9.17, 15) is 0 Å². The third-order valence-electron chi connectivity index (χ3n) is 3.20. The van der Waals surface area contributed by atoms with Crippen LogP contribution in [0.4, 0.5) is 0 Å². The smallest absolute Gasteiger partial charge is 0.0462 e. The van der Waals surface area contributed by atoms with Crippen molar-refractivity contribution < 1.29 is 4.74 Å². The summed E-state index contributed by atoms with van der Waals surface area (Å²) in [6.45, 7) is 11.6. The fraction of sp³-hybridized carbons (Fsp3) is 1.00. The van der Waals surface area contributed by atoms with E-state index in [4.69, 9.17) is 4.74 Å². The minimum absolute atomic E-state index is 0.773. The van der Waals surface area contributed by atoms with E-state index in [0.717, 1.165) is 18.4 Å². The van der Waals surface area contributed by atoms with Crippen LogP contribution in [-0.2, 0) is 4.74 Å². The zero-order valence-electron chi connectivity index (χ0n) is 11.2. The Labute approximate surface area is 101 Å². The standard InChI is InChI=1S/C13H28N2O/c1-12-8-14-9-13(2)11-15(10-12)6-4-5-7-16-3/h12-14H,4-11H2,1-3H3. The molecule has 0 aromatic carbocycles. The molecule has 96 valence electrons. The van der Waals surface area contributed by atoms with Gasteiger partial charge in [0, 0.05) is 26.8 Å². The number of hydrogen-bond donors (Lipinski definition) is 1. The second-order valence-corrected chi connectivity index (χ2v) is 5.33. The highest BCUT2D eigenvalue weighted by molar-refractivity contribution is 4.72. The maximum Gasteiger partial charge on any atom is 0.0462 e. The molecule has 0 radical (unpaired) electrons. The average Bonchev–Trinajstić information content (AvgIpc) is 2.22. The first-order valence-electron chi connectivity index (χ1n) is 6.64. The van der Waals surface area contributed by atoms with Crippen molar-refractivity contribution in [2.75, 3.05) is 46.4 Å². The SMILES string of the molecule is COCCCCN1CC(C)CNCC(C)C1. The number of rotatable bonds is 5. The van der Waals surface area contributed by atoms with Gasteiger partial charge < -0.3 is 15.0 Å². The molecule has 0 aliphatic carbocycles. The van der Waals surface area contributed by atoms with Crippen LogP contribution in [0.5, 0.6) is 0 Å². The van der Waals surface area contributed by atoms with Gasteiger partial charge in [-0.05, 0) is 44.3 Å². The largest absolute Gasteiger partial charge is 0.385 e. The number of hydrogen-bond acceptors (Lipinski definition) is 3. The summed E-state index contributed by atoms with van der Waals surface area (Å²) in [5, 5.41) is 3.54. The summed E-state index contributed by atoms with van der Waals surface area (Å²) in [5.41, 5.74) is 0. The predicted octanol–water partition coefficient (Wildman–Crippen LogP) is 1.59. The Balaban J connectivity index is 2.24. The summed E-state index contributed by atoms with van der Waals surface area (Å²) in [6, 6.07) is 0. The van der Waals surface area contributed by atoms with Crippen LogP contribution >= 0.6 is 0 Å². The van der Waals surface area contributed by atoms with Crippen LogP contribution in [0.15, 0.2) is 0 Å². The van der Waals surface area contributed by atoms with Crippen LogP contribution in [0.3, 0.4) is 0 Å². The van der Waals surface area contributed by atoms with Crippen molar-refractivity contribution >= 4 is 0 Å². The van der Waals surface area contributed by atoms with Gasteiger partial charge in [-0.25, -0.2) is 0 Å². The zero-order chi connectivity index (χ0) is 11.8. The molecule has 3 heteroatoms. The molecule has 1 fully saturated rings. The van der Waals surface area contributed by atoms with E-state index in [2.05, 4.69) is 24.1 Å². The van der Waals surface area contributed by atoms with Crippen molar-refractivity contribution in [3.8, 4) is 0 Å². The van der Waals surface area contributed by atoms with Crippen molar-refractivity contribution in [3.05, 3.63) is 0 Å². The molecule has 1 rings (SSSR count). The van der Waals surface area contributed by atoms with Gasteiger partial charge in [0.15, 0.2) is 0 Å². The van der Waals surface area contributed by atoms with Gasteiger partial charge in [0.1, 0.15) is 0 Å². The first-order valence-corrected chi connectivity index (χ1v) is 6.64. The van der Waals surface area contributed by atoms with Crippen molar-refractivity contribution in [3.63, 3.8) is 0 Å². The Morgan fingerprint density at radius 1 is 1.12 bits per heavy atom. The molecule has 2 atom stereocenters. The van der Waals surface area contributed by atoms with E-state index >= 15 is 0 Å². The number of methoxy groups -OCH3 is 1. The molecule has 1 N–H and O–H groups in total. The second kappa shape index (κ2) is 8.04. The second-order valence-electron chi connectivity index (χ2n) is 5.33. The Morgan fingerprint density at radius 2 is 1.75 bits per heavy atom. The highest BCUT2D eigenvalue weighted by Crippen LogP contribution is 2.08. The van der Waals surface area contributed by atoms with E-state index in [1.165, 1.54) is 45.6 Å². The minimum atomic E-state index is 0.773. The highest BCUT2D eigenvalue weighted by atomic mass is 16.5. The third-order valence-corrected chi connectivity index (χ3v) is 3.20. The van der Waals surface area contributed by atoms with E-state index in [-0.39, 0.29) is 0 Å². The van der Waals surface area contributed by atoms with Crippen molar-refractivity contribution in [1.29, 1.82) is 0 Å². The molecular formula is C13H28N2O. The molecule has 0 bridgehead atoms. The summed E-state index contributed by atoms with van der Waals surface area (Å²) in [6.07, 6.45) is 2.45. The molecular weight excluding hydrogens is 200 g/mol. The first kappa shape index (κ1) is 13.9. The quantitative estimate of drug-likeness (QED) is 0.723. The average molecular weight is 228 g/mol. The van der Waals surface area contributed by atoms with E-state index in [1.807, 2.05) is 0 Å². The molecule has 1 aliphatic rings. The van der Waals surface area contributed by atoms with Gasteiger partial charge in [0.25, 0.3) is 0 Å². The van der Waals surface area contributed by atoms with Crippen LogP contribution in [-0.4, -0.2) is 51.3 Å². The first-order chi connectivity index (χ1) is 7.72. The summed E-state index contributed by atoms with van der Waals surface area (Å²) >= 11 is 0. The van der Waals surface area contributed by atoms with E-state index < -0.39 is 0 Å². The van der Waals surface area contributed by atoms with Crippen LogP contribution in [0, 0.1) is 11.8 Å². The fourth-order valence-corrected chi connectivity index (χ4v) is 2.43. The zero-order valence-corrected chi connectivity index (χ0v) is 11.2. The molecule has 1 saturated heterocycles. The monoisotopic (exact) mass is 228 g/mol. The Kier molecular flexibility index (Phi) is 7.01. The van der Waals surface area contributed by atoms with Gasteiger partial charge in [0.2, 0.25) is 0 Å². The van der Waals surface area contributed by atoms with Gasteiger partial charge in [-0.1, -0.05) is 13.8 Å². The molecule has 3 nitrogen and oxygen atoms in total. The Morgan fingerprint density at radius 3 is 2.31 bits per heavy atom. The number of nitrogens with one attached hydrogen (secondary N) is 1. The fourth-order valence-electron chi connectivity index (χ4n) is 2.43. The highest BCUT2D eigenvalue weighted by Gasteiger charge is 2.16. The topological polar surface area (TPSA) is 24.5 Å². The van der Waals surface area contributed by atoms with Gasteiger partial charge >= 0.3 is 0 Å². The molecule has 1 aliphatic heterocycles. The number of ether oxygens (including phenoxy) is 1. The summed E-state index contributed by atoms with van der Waals surface area (Å²) < 4.78 is 5.09. The summed E-state index contributed by atoms with van der Waals surface area (Å²) in [7, 11) is 1.78. The normalized spacial score (nSPS) is 28.7. The van der Waals surface area contributed by atoms with Crippen LogP contribution in [0.25, 0.3) is 0 Å².